The molecule has 1 N–H and O–H groups in total. The first-order valence-corrected chi connectivity index (χ1v) is 11.7. The normalized spacial score (nSPS) is 13.7. The van der Waals surface area contributed by atoms with Crippen LogP contribution in [0.15, 0.2) is 52.9 Å². The van der Waals surface area contributed by atoms with Crippen LogP contribution in [0.4, 0.5) is 17.1 Å². The molecule has 2 heterocycles. The first kappa shape index (κ1) is 23.5. The van der Waals surface area contributed by atoms with E-state index in [1.54, 1.807) is 12.1 Å². The number of carbonyl (C=O) groups is 1. The van der Waals surface area contributed by atoms with E-state index in [0.717, 1.165) is 33.4 Å². The molecular weight excluding hydrogens is 460 g/mol. The molecule has 3 aromatic carbocycles. The van der Waals surface area contributed by atoms with E-state index in [-0.39, 0.29) is 11.3 Å². The van der Waals surface area contributed by atoms with Gasteiger partial charge in [-0.15, -0.1) is 0 Å². The lowest BCUT2D eigenvalue weighted by Crippen LogP contribution is -2.37. The van der Waals surface area contributed by atoms with Gasteiger partial charge in [-0.25, -0.2) is 4.98 Å². The zero-order valence-electron chi connectivity index (χ0n) is 20.3. The van der Waals surface area contributed by atoms with Gasteiger partial charge in [0.25, 0.3) is 11.6 Å². The maximum Gasteiger partial charge on any atom is 0.270 e. The van der Waals surface area contributed by atoms with E-state index in [1.807, 2.05) is 49.9 Å². The maximum atomic E-state index is 13.4. The lowest BCUT2D eigenvalue weighted by molar-refractivity contribution is -0.384. The molecule has 1 aliphatic heterocycles. The van der Waals surface area contributed by atoms with Gasteiger partial charge in [0.15, 0.2) is 5.58 Å². The van der Waals surface area contributed by atoms with Crippen LogP contribution in [-0.4, -0.2) is 42.1 Å². The number of benzene rings is 3. The predicted octanol–water partition coefficient (Wildman–Crippen LogP) is 5.42. The summed E-state index contributed by atoms with van der Waals surface area (Å²) in [5.41, 5.74) is 6.48. The van der Waals surface area contributed by atoms with Crippen LogP contribution in [-0.2, 0) is 4.74 Å². The Morgan fingerprint density at radius 3 is 2.61 bits per heavy atom. The first-order chi connectivity index (χ1) is 17.3. The summed E-state index contributed by atoms with van der Waals surface area (Å²) in [5, 5.41) is 14.4. The van der Waals surface area contributed by atoms with Gasteiger partial charge >= 0.3 is 0 Å². The number of rotatable bonds is 5. The Morgan fingerprint density at radius 1 is 1.08 bits per heavy atom. The smallest absolute Gasteiger partial charge is 0.270 e. The van der Waals surface area contributed by atoms with Crippen molar-refractivity contribution in [2.75, 3.05) is 36.5 Å². The number of fused-ring (bicyclic) bond motifs is 1. The zero-order chi connectivity index (χ0) is 25.4. The fourth-order valence-electron chi connectivity index (χ4n) is 4.58. The Labute approximate surface area is 207 Å². The average molecular weight is 487 g/mol. The Balaban J connectivity index is 1.50. The number of hydrogen-bond donors (Lipinski definition) is 1. The molecule has 1 amide bonds. The van der Waals surface area contributed by atoms with E-state index < -0.39 is 10.8 Å². The summed E-state index contributed by atoms with van der Waals surface area (Å²) < 4.78 is 11.5. The van der Waals surface area contributed by atoms with E-state index in [1.165, 1.54) is 12.1 Å². The topological polar surface area (TPSA) is 111 Å². The lowest BCUT2D eigenvalue weighted by Gasteiger charge is -2.30. The van der Waals surface area contributed by atoms with Crippen LogP contribution >= 0.6 is 0 Å². The number of carbonyl (C=O) groups excluding carboxylic acids is 1. The summed E-state index contributed by atoms with van der Waals surface area (Å²) in [7, 11) is 0. The van der Waals surface area contributed by atoms with Crippen molar-refractivity contribution >= 4 is 34.1 Å². The number of morpholine rings is 1. The van der Waals surface area contributed by atoms with Crippen molar-refractivity contribution in [2.24, 2.45) is 0 Å². The molecule has 4 aromatic rings. The number of amides is 1. The molecule has 0 aliphatic carbocycles. The number of nitrogens with one attached hydrogen (secondary N) is 1. The SMILES string of the molecule is Cc1cc(C)c2oc(-c3cccc(NC(=O)c4cc([N+](=O)[O-])ccc4N4CCOCC4)c3C)nc2c1. The molecule has 9 nitrogen and oxygen atoms in total. The van der Waals surface area contributed by atoms with Gasteiger partial charge in [-0.1, -0.05) is 12.1 Å². The standard InChI is InChI=1S/C27H26N4O5/c1-16-13-17(2)25-23(14-16)29-27(36-25)20-5-4-6-22(18(20)3)28-26(32)21-15-19(31(33)34)7-8-24(21)30-9-11-35-12-10-30/h4-8,13-15H,9-12H2,1-3H3,(H,28,32). The summed E-state index contributed by atoms with van der Waals surface area (Å²) in [6.45, 7) is 8.15. The third-order valence-electron chi connectivity index (χ3n) is 6.42. The summed E-state index contributed by atoms with van der Waals surface area (Å²) in [5.74, 6) is 0.0427. The number of aromatic nitrogens is 1. The first-order valence-electron chi connectivity index (χ1n) is 11.7. The zero-order valence-corrected chi connectivity index (χ0v) is 20.3. The van der Waals surface area contributed by atoms with E-state index in [4.69, 9.17) is 9.15 Å². The molecule has 36 heavy (non-hydrogen) atoms. The summed E-state index contributed by atoms with van der Waals surface area (Å²) in [4.78, 5) is 31.1. The van der Waals surface area contributed by atoms with Gasteiger partial charge < -0.3 is 19.4 Å². The molecule has 9 heteroatoms. The largest absolute Gasteiger partial charge is 0.436 e. The number of aryl methyl sites for hydroxylation is 2. The molecule has 5 rings (SSSR count). The molecule has 0 unspecified atom stereocenters. The summed E-state index contributed by atoms with van der Waals surface area (Å²) in [6, 6.07) is 13.9. The van der Waals surface area contributed by atoms with Crippen LogP contribution in [0.25, 0.3) is 22.6 Å². The van der Waals surface area contributed by atoms with Gasteiger partial charge in [-0.3, -0.25) is 14.9 Å². The van der Waals surface area contributed by atoms with Crippen molar-refractivity contribution in [3.8, 4) is 11.5 Å². The van der Waals surface area contributed by atoms with E-state index in [2.05, 4.69) is 10.3 Å². The van der Waals surface area contributed by atoms with Crippen molar-refractivity contribution in [3.63, 3.8) is 0 Å². The van der Waals surface area contributed by atoms with Gasteiger partial charge in [-0.05, 0) is 61.7 Å². The van der Waals surface area contributed by atoms with Crippen LogP contribution in [0, 0.1) is 30.9 Å². The third kappa shape index (κ3) is 4.40. The number of oxazole rings is 1. The number of non-ortho nitro benzene ring substituents is 1. The maximum absolute atomic E-state index is 13.4. The molecule has 0 saturated carbocycles. The fourth-order valence-corrected chi connectivity index (χ4v) is 4.58. The van der Waals surface area contributed by atoms with Crippen LogP contribution in [0.2, 0.25) is 0 Å². The number of nitro benzene ring substituents is 1. The van der Waals surface area contributed by atoms with E-state index >= 15 is 0 Å². The number of nitro groups is 1. The molecule has 1 fully saturated rings. The van der Waals surface area contributed by atoms with Crippen molar-refractivity contribution < 1.29 is 18.9 Å². The van der Waals surface area contributed by atoms with Gasteiger partial charge in [0.2, 0.25) is 5.89 Å². The number of nitrogens with zero attached hydrogens (tertiary/aromatic N) is 3. The van der Waals surface area contributed by atoms with E-state index in [0.29, 0.717) is 43.6 Å². The Kier molecular flexibility index (Phi) is 6.15. The molecule has 0 atom stereocenters. The number of anilines is 2. The fraction of sp³-hybridized carbons (Fsp3) is 0.259. The van der Waals surface area contributed by atoms with E-state index in [9.17, 15) is 14.9 Å². The van der Waals surface area contributed by atoms with Gasteiger partial charge in [-0.2, -0.15) is 0 Å². The van der Waals surface area contributed by atoms with Crippen LogP contribution < -0.4 is 10.2 Å². The van der Waals surface area contributed by atoms with Crippen molar-refractivity contribution in [3.05, 3.63) is 80.9 Å². The third-order valence-corrected chi connectivity index (χ3v) is 6.42. The minimum Gasteiger partial charge on any atom is -0.436 e. The monoisotopic (exact) mass is 486 g/mol. The highest BCUT2D eigenvalue weighted by atomic mass is 16.6. The lowest BCUT2D eigenvalue weighted by atomic mass is 10.1. The highest BCUT2D eigenvalue weighted by Crippen LogP contribution is 2.33. The van der Waals surface area contributed by atoms with Crippen molar-refractivity contribution in [1.82, 2.24) is 4.98 Å². The Bertz CT molecular complexity index is 1490. The molecule has 1 saturated heterocycles. The minimum atomic E-state index is -0.497. The van der Waals surface area contributed by atoms with Crippen molar-refractivity contribution in [1.29, 1.82) is 0 Å². The second kappa shape index (κ2) is 9.43. The van der Waals surface area contributed by atoms with Crippen molar-refractivity contribution in [2.45, 2.75) is 20.8 Å². The van der Waals surface area contributed by atoms with Gasteiger partial charge in [0, 0.05) is 36.5 Å². The second-order valence-corrected chi connectivity index (χ2v) is 8.94. The molecule has 0 bridgehead atoms. The van der Waals surface area contributed by atoms with Gasteiger partial charge in [0.05, 0.1) is 29.4 Å². The molecule has 1 aliphatic rings. The summed E-state index contributed by atoms with van der Waals surface area (Å²) in [6.07, 6.45) is 0. The second-order valence-electron chi connectivity index (χ2n) is 8.94. The van der Waals surface area contributed by atoms with Crippen LogP contribution in [0.5, 0.6) is 0 Å². The van der Waals surface area contributed by atoms with Crippen LogP contribution in [0.3, 0.4) is 0 Å². The highest BCUT2D eigenvalue weighted by molar-refractivity contribution is 6.09. The number of hydrogen-bond acceptors (Lipinski definition) is 7. The predicted molar refractivity (Wildman–Crippen MR) is 138 cm³/mol. The molecule has 0 spiro atoms. The molecular formula is C27H26N4O5. The van der Waals surface area contributed by atoms with Crippen LogP contribution in [0.1, 0.15) is 27.0 Å². The minimum absolute atomic E-state index is 0.139. The Hall–Kier alpha value is -4.24. The molecule has 0 radical (unpaired) electrons. The number of ether oxygens (including phenoxy) is 1. The Morgan fingerprint density at radius 2 is 1.86 bits per heavy atom. The summed E-state index contributed by atoms with van der Waals surface area (Å²) >= 11 is 0. The molecule has 184 valence electrons. The highest BCUT2D eigenvalue weighted by Gasteiger charge is 2.23. The average Bonchev–Trinajstić information content (AvgIpc) is 3.29. The molecule has 1 aromatic heterocycles. The van der Waals surface area contributed by atoms with Gasteiger partial charge in [0.1, 0.15) is 5.52 Å². The quantitative estimate of drug-likeness (QED) is 0.296.